The normalized spacial score (nSPS) is 12.2. The molecule has 0 aromatic carbocycles. The van der Waals surface area contributed by atoms with Gasteiger partial charge in [0.2, 0.25) is 0 Å². The first-order valence-corrected chi connectivity index (χ1v) is 5.53. The van der Waals surface area contributed by atoms with Gasteiger partial charge in [-0.25, -0.2) is 4.79 Å². The third-order valence-electron chi connectivity index (χ3n) is 1.55. The summed E-state index contributed by atoms with van der Waals surface area (Å²) >= 11 is 1.76. The molecular weight excluding hydrogens is 190 g/mol. The van der Waals surface area contributed by atoms with Gasteiger partial charge in [-0.3, -0.25) is 0 Å². The first-order valence-electron chi connectivity index (χ1n) is 4.25. The lowest BCUT2D eigenvalue weighted by Crippen LogP contribution is -2.27. The fraction of sp³-hybridized carbons (Fsp3) is 0.875. The van der Waals surface area contributed by atoms with E-state index < -0.39 is 6.09 Å². The molecule has 0 aliphatic rings. The highest BCUT2D eigenvalue weighted by Crippen LogP contribution is 2.07. The lowest BCUT2D eigenvalue weighted by molar-refractivity contribution is 0.119. The van der Waals surface area contributed by atoms with E-state index in [1.807, 2.05) is 6.26 Å². The van der Waals surface area contributed by atoms with Crippen molar-refractivity contribution >= 4 is 17.9 Å². The van der Waals surface area contributed by atoms with E-state index in [4.69, 9.17) is 5.11 Å². The Labute approximate surface area is 83.0 Å². The van der Waals surface area contributed by atoms with Gasteiger partial charge in [-0.1, -0.05) is 6.92 Å². The van der Waals surface area contributed by atoms with E-state index in [9.17, 15) is 4.79 Å². The Morgan fingerprint density at radius 3 is 2.92 bits per heavy atom. The topological polar surface area (TPSA) is 58.6 Å². The Balaban J connectivity index is 3.26. The molecule has 13 heavy (non-hydrogen) atoms. The second-order valence-corrected chi connectivity index (χ2v) is 3.90. The Hall–Kier alpha value is -0.420. The summed E-state index contributed by atoms with van der Waals surface area (Å²) in [5.74, 6) is 0. The van der Waals surface area contributed by atoms with Crippen molar-refractivity contribution in [2.24, 2.45) is 0 Å². The Bertz CT molecular complexity index is 143. The minimum absolute atomic E-state index is 0.0594. The minimum Gasteiger partial charge on any atom is -0.447 e. The SMILES string of the molecule is CSC(C)CCNC(=O)OCCO. The summed E-state index contributed by atoms with van der Waals surface area (Å²) in [5, 5.41) is 11.5. The Kier molecular flexibility index (Phi) is 7.93. The molecule has 5 heteroatoms. The monoisotopic (exact) mass is 207 g/mol. The van der Waals surface area contributed by atoms with E-state index >= 15 is 0 Å². The molecule has 0 radical (unpaired) electrons. The average molecular weight is 207 g/mol. The summed E-state index contributed by atoms with van der Waals surface area (Å²) in [7, 11) is 0. The van der Waals surface area contributed by atoms with Gasteiger partial charge in [-0.2, -0.15) is 11.8 Å². The molecule has 0 aliphatic heterocycles. The molecule has 2 N–H and O–H groups in total. The van der Waals surface area contributed by atoms with Gasteiger partial charge < -0.3 is 15.2 Å². The van der Waals surface area contributed by atoms with Crippen molar-refractivity contribution < 1.29 is 14.6 Å². The van der Waals surface area contributed by atoms with Crippen molar-refractivity contribution in [2.75, 3.05) is 26.0 Å². The van der Waals surface area contributed by atoms with Gasteiger partial charge >= 0.3 is 6.09 Å². The molecular formula is C8H17NO3S. The van der Waals surface area contributed by atoms with Gasteiger partial charge in [0.05, 0.1) is 6.61 Å². The molecule has 0 saturated carbocycles. The zero-order valence-electron chi connectivity index (χ0n) is 8.08. The summed E-state index contributed by atoms with van der Waals surface area (Å²) in [6, 6.07) is 0. The van der Waals surface area contributed by atoms with Crippen molar-refractivity contribution in [1.29, 1.82) is 0 Å². The first-order chi connectivity index (χ1) is 6.20. The van der Waals surface area contributed by atoms with Crippen LogP contribution in [0.4, 0.5) is 4.79 Å². The fourth-order valence-corrected chi connectivity index (χ4v) is 1.04. The van der Waals surface area contributed by atoms with E-state index in [1.165, 1.54) is 0 Å². The zero-order chi connectivity index (χ0) is 10.1. The molecule has 1 atom stereocenters. The van der Waals surface area contributed by atoms with Gasteiger partial charge in [0.1, 0.15) is 6.61 Å². The number of aliphatic hydroxyl groups excluding tert-OH is 1. The molecule has 0 aromatic heterocycles. The Morgan fingerprint density at radius 1 is 1.69 bits per heavy atom. The molecule has 1 unspecified atom stereocenters. The van der Waals surface area contributed by atoms with Crippen molar-refractivity contribution in [2.45, 2.75) is 18.6 Å². The van der Waals surface area contributed by atoms with Crippen LogP contribution in [0.25, 0.3) is 0 Å². The summed E-state index contributed by atoms with van der Waals surface area (Å²) < 4.78 is 4.60. The van der Waals surface area contributed by atoms with E-state index in [-0.39, 0.29) is 13.2 Å². The molecule has 4 nitrogen and oxygen atoms in total. The highest BCUT2D eigenvalue weighted by atomic mass is 32.2. The van der Waals surface area contributed by atoms with Crippen LogP contribution in [-0.4, -0.2) is 42.5 Å². The molecule has 0 bridgehead atoms. The maximum absolute atomic E-state index is 10.8. The molecule has 1 amide bonds. The van der Waals surface area contributed by atoms with Crippen molar-refractivity contribution in [3.63, 3.8) is 0 Å². The first kappa shape index (κ1) is 12.6. The van der Waals surface area contributed by atoms with Crippen LogP contribution < -0.4 is 5.32 Å². The summed E-state index contributed by atoms with van der Waals surface area (Å²) in [4.78, 5) is 10.8. The van der Waals surface area contributed by atoms with E-state index in [0.717, 1.165) is 6.42 Å². The number of ether oxygens (including phenoxy) is 1. The molecule has 0 aliphatic carbocycles. The molecule has 0 rings (SSSR count). The van der Waals surface area contributed by atoms with Gasteiger partial charge in [0.25, 0.3) is 0 Å². The standard InChI is InChI=1S/C8H17NO3S/c1-7(13-2)3-4-9-8(11)12-6-5-10/h7,10H,3-6H2,1-2H3,(H,9,11). The number of carbonyl (C=O) groups excluding carboxylic acids is 1. The number of aliphatic hydroxyl groups is 1. The van der Waals surface area contributed by atoms with E-state index in [0.29, 0.717) is 11.8 Å². The van der Waals surface area contributed by atoms with E-state index in [1.54, 1.807) is 11.8 Å². The molecule has 0 fully saturated rings. The molecule has 0 aromatic rings. The second-order valence-electron chi connectivity index (χ2n) is 2.62. The third kappa shape index (κ3) is 7.93. The van der Waals surface area contributed by atoms with Gasteiger partial charge in [-0.05, 0) is 12.7 Å². The largest absolute Gasteiger partial charge is 0.447 e. The maximum atomic E-state index is 10.8. The van der Waals surface area contributed by atoms with Crippen LogP contribution in [0.3, 0.4) is 0 Å². The lowest BCUT2D eigenvalue weighted by atomic mass is 10.3. The molecule has 78 valence electrons. The summed E-state index contributed by atoms with van der Waals surface area (Å²) in [6.07, 6.45) is 2.51. The van der Waals surface area contributed by atoms with Gasteiger partial charge in [0, 0.05) is 11.8 Å². The minimum atomic E-state index is -0.456. The van der Waals surface area contributed by atoms with Crippen LogP contribution in [0.15, 0.2) is 0 Å². The highest BCUT2D eigenvalue weighted by molar-refractivity contribution is 7.99. The number of rotatable bonds is 6. The number of alkyl carbamates (subject to hydrolysis) is 1. The van der Waals surface area contributed by atoms with Crippen LogP contribution in [0.5, 0.6) is 0 Å². The fourth-order valence-electron chi connectivity index (χ4n) is 0.685. The van der Waals surface area contributed by atoms with Gasteiger partial charge in [0.15, 0.2) is 0 Å². The third-order valence-corrected chi connectivity index (χ3v) is 2.59. The maximum Gasteiger partial charge on any atom is 0.407 e. The van der Waals surface area contributed by atoms with Crippen LogP contribution in [0, 0.1) is 0 Å². The van der Waals surface area contributed by atoms with Crippen molar-refractivity contribution in [3.05, 3.63) is 0 Å². The average Bonchev–Trinajstić information content (AvgIpc) is 2.14. The molecule has 0 saturated heterocycles. The molecule has 0 heterocycles. The van der Waals surface area contributed by atoms with Crippen molar-refractivity contribution in [3.8, 4) is 0 Å². The van der Waals surface area contributed by atoms with E-state index in [2.05, 4.69) is 17.0 Å². The number of nitrogens with one attached hydrogen (secondary N) is 1. The number of amides is 1. The lowest BCUT2D eigenvalue weighted by Gasteiger charge is -2.08. The van der Waals surface area contributed by atoms with Gasteiger partial charge in [-0.15, -0.1) is 0 Å². The number of carbonyl (C=O) groups is 1. The molecule has 0 spiro atoms. The quantitative estimate of drug-likeness (QED) is 0.678. The van der Waals surface area contributed by atoms with Crippen molar-refractivity contribution in [1.82, 2.24) is 5.32 Å². The smallest absolute Gasteiger partial charge is 0.407 e. The predicted molar refractivity (Wildman–Crippen MR) is 54.0 cm³/mol. The number of hydrogen-bond donors (Lipinski definition) is 2. The summed E-state index contributed by atoms with van der Waals surface area (Å²) in [5.41, 5.74) is 0. The Morgan fingerprint density at radius 2 is 2.38 bits per heavy atom. The predicted octanol–water partition coefficient (Wildman–Crippen LogP) is 0.847. The zero-order valence-corrected chi connectivity index (χ0v) is 8.89. The number of hydrogen-bond acceptors (Lipinski definition) is 4. The van der Waals surface area contributed by atoms with Crippen LogP contribution in [-0.2, 0) is 4.74 Å². The van der Waals surface area contributed by atoms with Crippen LogP contribution in [0.2, 0.25) is 0 Å². The van der Waals surface area contributed by atoms with Crippen LogP contribution >= 0.6 is 11.8 Å². The second kappa shape index (κ2) is 8.19. The number of thioether (sulfide) groups is 1. The highest BCUT2D eigenvalue weighted by Gasteiger charge is 2.02. The summed E-state index contributed by atoms with van der Waals surface area (Å²) in [6.45, 7) is 2.65. The van der Waals surface area contributed by atoms with Crippen LogP contribution in [0.1, 0.15) is 13.3 Å².